The molecule has 1 aromatic rings. The van der Waals surface area contributed by atoms with Crippen molar-refractivity contribution in [2.24, 2.45) is 5.92 Å². The molecule has 1 saturated heterocycles. The summed E-state index contributed by atoms with van der Waals surface area (Å²) in [7, 11) is 0. The van der Waals surface area contributed by atoms with E-state index >= 15 is 0 Å². The van der Waals surface area contributed by atoms with Gasteiger partial charge in [0.25, 0.3) is 5.91 Å². The number of aryl methyl sites for hydroxylation is 1. The number of piperazine rings is 1. The number of hydrogen-bond donors (Lipinski definition) is 2. The molecule has 0 radical (unpaired) electrons. The lowest BCUT2D eigenvalue weighted by Gasteiger charge is -2.26. The first-order chi connectivity index (χ1) is 10.6. The van der Waals surface area contributed by atoms with Gasteiger partial charge in [0, 0.05) is 39.3 Å². The molecule has 1 fully saturated rings. The Morgan fingerprint density at radius 1 is 1.35 bits per heavy atom. The third-order valence-electron chi connectivity index (χ3n) is 3.85. The van der Waals surface area contributed by atoms with E-state index in [0.29, 0.717) is 18.2 Å². The van der Waals surface area contributed by atoms with Crippen molar-refractivity contribution in [2.75, 3.05) is 39.3 Å². The Kier molecular flexibility index (Phi) is 9.13. The monoisotopic (exact) mass is 344 g/mol. The number of carbonyl (C=O) groups excluding carboxylic acids is 1. The van der Waals surface area contributed by atoms with Crippen LogP contribution in [0.2, 0.25) is 0 Å². The molecule has 0 bridgehead atoms. The summed E-state index contributed by atoms with van der Waals surface area (Å²) in [5.41, 5.74) is 0.408. The highest BCUT2D eigenvalue weighted by Gasteiger charge is 2.12. The van der Waals surface area contributed by atoms with Gasteiger partial charge in [-0.3, -0.25) is 9.48 Å². The van der Waals surface area contributed by atoms with Crippen LogP contribution >= 0.6 is 12.4 Å². The minimum absolute atomic E-state index is 0. The molecule has 1 aliphatic rings. The van der Waals surface area contributed by atoms with Gasteiger partial charge in [-0.15, -0.1) is 17.5 Å². The van der Waals surface area contributed by atoms with Gasteiger partial charge in [0.15, 0.2) is 5.69 Å². The molecule has 0 spiro atoms. The maximum Gasteiger partial charge on any atom is 0.273 e. The van der Waals surface area contributed by atoms with E-state index in [-0.39, 0.29) is 18.3 Å². The highest BCUT2D eigenvalue weighted by atomic mass is 35.5. The lowest BCUT2D eigenvalue weighted by atomic mass is 10.1. The molecule has 8 heteroatoms. The second-order valence-electron chi connectivity index (χ2n) is 6.25. The van der Waals surface area contributed by atoms with Crippen molar-refractivity contribution in [1.29, 1.82) is 0 Å². The molecule has 0 saturated carbocycles. The lowest BCUT2D eigenvalue weighted by molar-refractivity contribution is 0.0946. The summed E-state index contributed by atoms with van der Waals surface area (Å²) in [6, 6.07) is 0. The SMILES string of the molecule is CC(C)CCn1cc(C(=O)NCCCN2CCNCC2)nn1.Cl. The minimum Gasteiger partial charge on any atom is -0.351 e. The maximum absolute atomic E-state index is 12.0. The van der Waals surface area contributed by atoms with Gasteiger partial charge in [-0.2, -0.15) is 0 Å². The Balaban J connectivity index is 0.00000264. The van der Waals surface area contributed by atoms with Crippen LogP contribution in [0.4, 0.5) is 0 Å². The largest absolute Gasteiger partial charge is 0.351 e. The van der Waals surface area contributed by atoms with Crippen LogP contribution in [-0.2, 0) is 6.54 Å². The van der Waals surface area contributed by atoms with Crippen LogP contribution in [0.15, 0.2) is 6.20 Å². The molecule has 0 aromatic carbocycles. The van der Waals surface area contributed by atoms with Crippen LogP contribution in [0.3, 0.4) is 0 Å². The molecule has 2 rings (SSSR count). The van der Waals surface area contributed by atoms with Gasteiger partial charge in [-0.05, 0) is 25.3 Å². The fraction of sp³-hybridized carbons (Fsp3) is 0.800. The zero-order chi connectivity index (χ0) is 15.8. The van der Waals surface area contributed by atoms with Crippen LogP contribution in [-0.4, -0.2) is 65.1 Å². The fourth-order valence-corrected chi connectivity index (χ4v) is 2.43. The van der Waals surface area contributed by atoms with E-state index in [1.165, 1.54) is 0 Å². The quantitative estimate of drug-likeness (QED) is 0.681. The predicted octanol–water partition coefficient (Wildman–Crippen LogP) is 0.771. The second kappa shape index (κ2) is 10.6. The Hall–Kier alpha value is -1.18. The van der Waals surface area contributed by atoms with E-state index in [1.54, 1.807) is 10.9 Å². The zero-order valence-corrected chi connectivity index (χ0v) is 14.9. The average molecular weight is 345 g/mol. The van der Waals surface area contributed by atoms with E-state index in [9.17, 15) is 4.79 Å². The predicted molar refractivity (Wildman–Crippen MR) is 93.0 cm³/mol. The summed E-state index contributed by atoms with van der Waals surface area (Å²) in [5.74, 6) is 0.488. The molecular weight excluding hydrogens is 316 g/mol. The van der Waals surface area contributed by atoms with Crippen molar-refractivity contribution >= 4 is 18.3 Å². The molecule has 0 unspecified atom stereocenters. The molecule has 0 atom stereocenters. The molecule has 0 aliphatic carbocycles. The zero-order valence-electron chi connectivity index (χ0n) is 14.1. The van der Waals surface area contributed by atoms with Crippen molar-refractivity contribution in [3.05, 3.63) is 11.9 Å². The Morgan fingerprint density at radius 3 is 2.78 bits per heavy atom. The van der Waals surface area contributed by atoms with Gasteiger partial charge in [-0.1, -0.05) is 19.1 Å². The van der Waals surface area contributed by atoms with Gasteiger partial charge in [0.05, 0.1) is 6.20 Å². The molecular formula is C15H29ClN6O. The van der Waals surface area contributed by atoms with Crippen molar-refractivity contribution in [1.82, 2.24) is 30.5 Å². The Bertz CT molecular complexity index is 459. The van der Waals surface area contributed by atoms with Gasteiger partial charge in [-0.25, -0.2) is 0 Å². The Labute approximate surface area is 144 Å². The topological polar surface area (TPSA) is 75.1 Å². The summed E-state index contributed by atoms with van der Waals surface area (Å²) >= 11 is 0. The minimum atomic E-state index is -0.129. The molecule has 23 heavy (non-hydrogen) atoms. The van der Waals surface area contributed by atoms with E-state index in [0.717, 1.165) is 52.1 Å². The molecule has 1 aliphatic heterocycles. The smallest absolute Gasteiger partial charge is 0.273 e. The third kappa shape index (κ3) is 7.28. The third-order valence-corrected chi connectivity index (χ3v) is 3.85. The van der Waals surface area contributed by atoms with Crippen LogP contribution in [0.1, 0.15) is 37.2 Å². The molecule has 1 amide bonds. The van der Waals surface area contributed by atoms with Gasteiger partial charge in [0.1, 0.15) is 0 Å². The van der Waals surface area contributed by atoms with E-state index in [2.05, 4.69) is 39.7 Å². The van der Waals surface area contributed by atoms with Gasteiger partial charge < -0.3 is 15.5 Å². The molecule has 132 valence electrons. The summed E-state index contributed by atoms with van der Waals surface area (Å²) in [4.78, 5) is 14.4. The van der Waals surface area contributed by atoms with Gasteiger partial charge in [0.2, 0.25) is 0 Å². The Morgan fingerprint density at radius 2 is 2.09 bits per heavy atom. The van der Waals surface area contributed by atoms with E-state index in [4.69, 9.17) is 0 Å². The summed E-state index contributed by atoms with van der Waals surface area (Å²) in [6.07, 6.45) is 3.73. The molecule has 2 N–H and O–H groups in total. The number of rotatable bonds is 8. The lowest BCUT2D eigenvalue weighted by Crippen LogP contribution is -2.44. The van der Waals surface area contributed by atoms with Crippen molar-refractivity contribution in [3.8, 4) is 0 Å². The number of hydrogen-bond acceptors (Lipinski definition) is 5. The molecule has 7 nitrogen and oxygen atoms in total. The highest BCUT2D eigenvalue weighted by Crippen LogP contribution is 2.02. The van der Waals surface area contributed by atoms with Crippen molar-refractivity contribution < 1.29 is 4.79 Å². The van der Waals surface area contributed by atoms with Gasteiger partial charge >= 0.3 is 0 Å². The van der Waals surface area contributed by atoms with E-state index in [1.807, 2.05) is 0 Å². The standard InChI is InChI=1S/C15H28N6O.ClH/c1-13(2)4-9-21-12-14(18-19-21)15(22)17-5-3-8-20-10-6-16-7-11-20;/h12-13,16H,3-11H2,1-2H3,(H,17,22);1H. The number of nitrogens with zero attached hydrogens (tertiary/aromatic N) is 4. The number of carbonyl (C=O) groups is 1. The first-order valence-corrected chi connectivity index (χ1v) is 8.26. The summed E-state index contributed by atoms with van der Waals surface area (Å²) in [5, 5.41) is 14.2. The van der Waals surface area contributed by atoms with Crippen molar-refractivity contribution in [2.45, 2.75) is 33.2 Å². The first-order valence-electron chi connectivity index (χ1n) is 8.26. The van der Waals surface area contributed by atoms with Crippen LogP contribution in [0, 0.1) is 5.92 Å². The highest BCUT2D eigenvalue weighted by molar-refractivity contribution is 5.91. The maximum atomic E-state index is 12.0. The molecule has 2 heterocycles. The van der Waals surface area contributed by atoms with Crippen molar-refractivity contribution in [3.63, 3.8) is 0 Å². The number of nitrogens with one attached hydrogen (secondary N) is 2. The van der Waals surface area contributed by atoms with Crippen LogP contribution in [0.5, 0.6) is 0 Å². The fourth-order valence-electron chi connectivity index (χ4n) is 2.43. The average Bonchev–Trinajstić information content (AvgIpc) is 2.99. The molecule has 1 aromatic heterocycles. The van der Waals surface area contributed by atoms with Crippen LogP contribution in [0.25, 0.3) is 0 Å². The van der Waals surface area contributed by atoms with E-state index < -0.39 is 0 Å². The normalized spacial score (nSPS) is 15.4. The summed E-state index contributed by atoms with van der Waals surface area (Å²) in [6.45, 7) is 11.2. The number of aromatic nitrogens is 3. The number of halogens is 1. The number of amides is 1. The first kappa shape index (κ1) is 19.9. The summed E-state index contributed by atoms with van der Waals surface area (Å²) < 4.78 is 1.75. The van der Waals surface area contributed by atoms with Crippen LogP contribution < -0.4 is 10.6 Å². The second-order valence-corrected chi connectivity index (χ2v) is 6.25.